The lowest BCUT2D eigenvalue weighted by Gasteiger charge is -2.37. The van der Waals surface area contributed by atoms with Crippen molar-refractivity contribution < 1.29 is 27.6 Å². The van der Waals surface area contributed by atoms with Crippen molar-refractivity contribution >= 4 is 33.8 Å². The fraction of sp³-hybridized carbons (Fsp3) is 0.889. The molecule has 13 heteroatoms. The number of carbonyl (C=O) groups excluding carboxylic acids is 4. The standard InChI is InChI=1S/C36H62N6O6S/c1-9-24-20-36(24,31(46)40-49(47,48)41(10-2)11-3)39-28(43)25-21-35(33(7,8)34(35)18-15-19-34)22-42(25)30(45)27(32(4,5)6)38-29(44)26(37)23-16-13-12-14-17-23/h23-27H,9-22,37H2,1-8H3,(H,38,44)(H,39,43)(H,40,46)/t24-,25+,26+,27-,35-,36-/m1/s1. The number of fused-ring (bicyclic) bond motifs is 1. The van der Waals surface area contributed by atoms with E-state index in [9.17, 15) is 27.6 Å². The van der Waals surface area contributed by atoms with Crippen LogP contribution in [-0.2, 0) is 29.4 Å². The van der Waals surface area contributed by atoms with Crippen molar-refractivity contribution in [3.05, 3.63) is 0 Å². The van der Waals surface area contributed by atoms with Crippen LogP contribution in [0.1, 0.15) is 126 Å². The molecule has 0 aromatic carbocycles. The highest BCUT2D eigenvalue weighted by molar-refractivity contribution is 7.87. The molecule has 6 atom stereocenters. The van der Waals surface area contributed by atoms with Crippen molar-refractivity contribution in [3.63, 3.8) is 0 Å². The van der Waals surface area contributed by atoms with Crippen LogP contribution in [0.25, 0.3) is 0 Å². The summed E-state index contributed by atoms with van der Waals surface area (Å²) in [7, 11) is -4.10. The number of nitrogens with one attached hydrogen (secondary N) is 3. The molecule has 5 aliphatic rings. The average molecular weight is 707 g/mol. The molecule has 1 aliphatic heterocycles. The zero-order valence-electron chi connectivity index (χ0n) is 31.1. The number of hydrogen-bond donors (Lipinski definition) is 4. The summed E-state index contributed by atoms with van der Waals surface area (Å²) in [5.74, 6) is -2.03. The normalized spacial score (nSPS) is 31.6. The summed E-state index contributed by atoms with van der Waals surface area (Å²) in [4.78, 5) is 58.2. The number of rotatable bonds is 12. The zero-order valence-corrected chi connectivity index (χ0v) is 31.9. The van der Waals surface area contributed by atoms with Crippen LogP contribution < -0.4 is 21.1 Å². The molecule has 1 saturated heterocycles. The van der Waals surface area contributed by atoms with Crippen molar-refractivity contribution in [2.45, 2.75) is 150 Å². The zero-order chi connectivity index (χ0) is 36.4. The summed E-state index contributed by atoms with van der Waals surface area (Å²) in [5.41, 5.74) is 4.11. The first kappa shape index (κ1) is 38.0. The maximum absolute atomic E-state index is 14.8. The molecule has 0 bridgehead atoms. The minimum Gasteiger partial charge on any atom is -0.342 e. The Morgan fingerprint density at radius 3 is 2.02 bits per heavy atom. The molecule has 12 nitrogen and oxygen atoms in total. The van der Waals surface area contributed by atoms with Gasteiger partial charge in [0, 0.05) is 25.0 Å². The smallest absolute Gasteiger partial charge is 0.303 e. The van der Waals surface area contributed by atoms with Gasteiger partial charge in [0.2, 0.25) is 17.7 Å². The van der Waals surface area contributed by atoms with Crippen LogP contribution in [0, 0.1) is 33.5 Å². The molecule has 0 radical (unpaired) electrons. The van der Waals surface area contributed by atoms with Crippen LogP contribution in [0.15, 0.2) is 0 Å². The quantitative estimate of drug-likeness (QED) is 0.241. The van der Waals surface area contributed by atoms with Gasteiger partial charge in [0.25, 0.3) is 5.91 Å². The molecule has 1 heterocycles. The topological polar surface area (TPSA) is 171 Å². The van der Waals surface area contributed by atoms with Gasteiger partial charge in [0.15, 0.2) is 0 Å². The van der Waals surface area contributed by atoms with E-state index in [1.807, 2.05) is 27.7 Å². The van der Waals surface area contributed by atoms with Gasteiger partial charge in [0.1, 0.15) is 17.6 Å². The molecular weight excluding hydrogens is 644 g/mol. The fourth-order valence-corrected chi connectivity index (χ4v) is 11.5. The molecule has 5 fully saturated rings. The highest BCUT2D eigenvalue weighted by Gasteiger charge is 2.85. The largest absolute Gasteiger partial charge is 0.342 e. The number of nitrogens with two attached hydrogens (primary N) is 1. The minimum absolute atomic E-state index is 0.0375. The Balaban J connectivity index is 1.42. The van der Waals surface area contributed by atoms with Crippen molar-refractivity contribution in [2.75, 3.05) is 19.6 Å². The Morgan fingerprint density at radius 1 is 0.939 bits per heavy atom. The summed E-state index contributed by atoms with van der Waals surface area (Å²) >= 11 is 0. The van der Waals surface area contributed by atoms with E-state index in [4.69, 9.17) is 5.73 Å². The van der Waals surface area contributed by atoms with Crippen LogP contribution in [0.5, 0.6) is 0 Å². The lowest BCUT2D eigenvalue weighted by Crippen LogP contribution is -2.62. The Morgan fingerprint density at radius 2 is 1.55 bits per heavy atom. The second-order valence-electron chi connectivity index (χ2n) is 17.4. The Bertz CT molecular complexity index is 1430. The Labute approximate surface area is 294 Å². The molecule has 0 aromatic heterocycles. The molecule has 4 saturated carbocycles. The molecule has 5 rings (SSSR count). The molecule has 5 N–H and O–H groups in total. The Hall–Kier alpha value is -2.25. The maximum atomic E-state index is 14.8. The first-order valence-corrected chi connectivity index (χ1v) is 20.2. The molecular formula is C36H62N6O6S. The van der Waals surface area contributed by atoms with Crippen molar-refractivity contribution in [1.29, 1.82) is 0 Å². The van der Waals surface area contributed by atoms with Crippen LogP contribution in [-0.4, -0.2) is 84.6 Å². The second kappa shape index (κ2) is 13.1. The highest BCUT2D eigenvalue weighted by atomic mass is 32.2. The highest BCUT2D eigenvalue weighted by Crippen LogP contribution is 2.88. The summed E-state index contributed by atoms with van der Waals surface area (Å²) in [6.45, 7) is 16.3. The predicted octanol–water partition coefficient (Wildman–Crippen LogP) is 3.21. The number of carbonyl (C=O) groups is 4. The average Bonchev–Trinajstić information content (AvgIpc) is 3.74. The number of amides is 4. The SMILES string of the molecule is CC[C@@H]1C[C@]1(NC(=O)[C@@H]1C[C@@]2(CN1C(=O)[C@@H](NC(=O)[C@@H](N)C1CCCCC1)C(C)(C)C)C(C)(C)C21CCC1)C(=O)NS(=O)(=O)N(CC)CC. The molecule has 278 valence electrons. The van der Waals surface area contributed by atoms with Gasteiger partial charge in [0.05, 0.1) is 6.04 Å². The van der Waals surface area contributed by atoms with E-state index < -0.39 is 51.1 Å². The Kier molecular flexibility index (Phi) is 10.1. The van der Waals surface area contributed by atoms with E-state index in [1.54, 1.807) is 18.7 Å². The molecule has 2 spiro atoms. The van der Waals surface area contributed by atoms with E-state index in [0.717, 1.165) is 51.4 Å². The first-order valence-electron chi connectivity index (χ1n) is 18.8. The number of nitrogens with zero attached hydrogens (tertiary/aromatic N) is 2. The van der Waals surface area contributed by atoms with Gasteiger partial charge in [-0.3, -0.25) is 19.2 Å². The van der Waals surface area contributed by atoms with E-state index in [1.165, 1.54) is 4.31 Å². The molecule has 4 aliphatic carbocycles. The third kappa shape index (κ3) is 6.11. The monoisotopic (exact) mass is 706 g/mol. The summed E-state index contributed by atoms with van der Waals surface area (Å²) in [6.07, 6.45) is 9.53. The van der Waals surface area contributed by atoms with Gasteiger partial charge in [-0.15, -0.1) is 0 Å². The molecule has 0 unspecified atom stereocenters. The van der Waals surface area contributed by atoms with Gasteiger partial charge in [-0.25, -0.2) is 4.72 Å². The lowest BCUT2D eigenvalue weighted by molar-refractivity contribution is -0.145. The third-order valence-electron chi connectivity index (χ3n) is 13.9. The van der Waals surface area contributed by atoms with Crippen LogP contribution in [0.4, 0.5) is 0 Å². The van der Waals surface area contributed by atoms with E-state index in [2.05, 4.69) is 29.2 Å². The third-order valence-corrected chi connectivity index (χ3v) is 15.5. The lowest BCUT2D eigenvalue weighted by atomic mass is 9.73. The van der Waals surface area contributed by atoms with Gasteiger partial charge in [-0.2, -0.15) is 12.7 Å². The van der Waals surface area contributed by atoms with E-state index >= 15 is 0 Å². The number of likely N-dealkylation sites (tertiary alicyclic amines) is 1. The fourth-order valence-electron chi connectivity index (χ4n) is 10.3. The van der Waals surface area contributed by atoms with Gasteiger partial charge in [-0.05, 0) is 66.6 Å². The van der Waals surface area contributed by atoms with Gasteiger partial charge < -0.3 is 21.3 Å². The van der Waals surface area contributed by atoms with Crippen LogP contribution in [0.3, 0.4) is 0 Å². The van der Waals surface area contributed by atoms with Crippen molar-refractivity contribution in [1.82, 2.24) is 24.6 Å². The van der Waals surface area contributed by atoms with E-state index in [-0.39, 0.29) is 53.0 Å². The van der Waals surface area contributed by atoms with Crippen molar-refractivity contribution in [3.8, 4) is 0 Å². The second-order valence-corrected chi connectivity index (χ2v) is 19.0. The number of hydrogen-bond acceptors (Lipinski definition) is 7. The maximum Gasteiger partial charge on any atom is 0.303 e. The van der Waals surface area contributed by atoms with Gasteiger partial charge in [-0.1, -0.05) is 87.5 Å². The molecule has 4 amide bonds. The molecule has 49 heavy (non-hydrogen) atoms. The first-order chi connectivity index (χ1) is 22.8. The predicted molar refractivity (Wildman–Crippen MR) is 188 cm³/mol. The van der Waals surface area contributed by atoms with Crippen molar-refractivity contribution in [2.24, 2.45) is 39.2 Å². The summed E-state index contributed by atoms with van der Waals surface area (Å²) in [5, 5.41) is 6.02. The minimum atomic E-state index is -4.10. The van der Waals surface area contributed by atoms with Gasteiger partial charge >= 0.3 is 10.2 Å². The van der Waals surface area contributed by atoms with E-state index in [0.29, 0.717) is 25.8 Å². The summed E-state index contributed by atoms with van der Waals surface area (Å²) in [6, 6.07) is -2.50. The summed E-state index contributed by atoms with van der Waals surface area (Å²) < 4.78 is 29.4. The van der Waals surface area contributed by atoms with Crippen LogP contribution >= 0.6 is 0 Å². The molecule has 0 aromatic rings. The van der Waals surface area contributed by atoms with Crippen LogP contribution in [0.2, 0.25) is 0 Å².